The minimum absolute atomic E-state index is 0.102. The van der Waals surface area contributed by atoms with Crippen LogP contribution in [0.2, 0.25) is 0 Å². The van der Waals surface area contributed by atoms with Gasteiger partial charge in [0.15, 0.2) is 0 Å². The number of aryl methyl sites for hydroxylation is 1. The molecule has 5 nitrogen and oxygen atoms in total. The van der Waals surface area contributed by atoms with Crippen LogP contribution in [0.3, 0.4) is 0 Å². The van der Waals surface area contributed by atoms with Gasteiger partial charge in [0.25, 0.3) is 0 Å². The Morgan fingerprint density at radius 1 is 1.37 bits per heavy atom. The van der Waals surface area contributed by atoms with Crippen LogP contribution < -0.4 is 5.32 Å². The van der Waals surface area contributed by atoms with Crippen LogP contribution in [0.1, 0.15) is 44.2 Å². The van der Waals surface area contributed by atoms with Crippen molar-refractivity contribution in [1.82, 2.24) is 10.3 Å². The van der Waals surface area contributed by atoms with E-state index in [0.717, 1.165) is 10.6 Å². The van der Waals surface area contributed by atoms with Gasteiger partial charge in [-0.2, -0.15) is 0 Å². The summed E-state index contributed by atoms with van der Waals surface area (Å²) < 4.78 is 5.13. The van der Waals surface area contributed by atoms with Crippen molar-refractivity contribution >= 4 is 23.2 Å². The summed E-state index contributed by atoms with van der Waals surface area (Å²) in [6.07, 6.45) is 0.248. The first kappa shape index (κ1) is 15.6. The lowest BCUT2D eigenvalue weighted by Gasteiger charge is -2.19. The second kappa shape index (κ2) is 6.65. The van der Waals surface area contributed by atoms with E-state index in [9.17, 15) is 9.59 Å². The molecule has 0 fully saturated rings. The molecule has 6 heteroatoms. The van der Waals surface area contributed by atoms with Crippen LogP contribution >= 0.6 is 11.3 Å². The van der Waals surface area contributed by atoms with Crippen molar-refractivity contribution in [2.75, 3.05) is 0 Å². The Bertz CT molecular complexity index is 449. The van der Waals surface area contributed by atoms with Crippen LogP contribution in [0.15, 0.2) is 5.51 Å². The molecular weight excluding hydrogens is 264 g/mol. The molecule has 1 rings (SSSR count). The standard InChI is InChI=1S/C13H20N2O3S/c1-9-10(19-8-15-9)7-14-11(16)5-6-12(17)18-13(2,3)4/h8H,5-7H2,1-4H3,(H,14,16). The summed E-state index contributed by atoms with van der Waals surface area (Å²) in [4.78, 5) is 28.2. The number of amides is 1. The zero-order valence-corrected chi connectivity index (χ0v) is 12.6. The van der Waals surface area contributed by atoms with Crippen molar-refractivity contribution in [1.29, 1.82) is 0 Å². The van der Waals surface area contributed by atoms with Gasteiger partial charge in [0, 0.05) is 11.3 Å². The van der Waals surface area contributed by atoms with Gasteiger partial charge in [-0.15, -0.1) is 11.3 Å². The number of aromatic nitrogens is 1. The number of carbonyl (C=O) groups excluding carboxylic acids is 2. The summed E-state index contributed by atoms with van der Waals surface area (Å²) in [5.74, 6) is -0.504. The van der Waals surface area contributed by atoms with Crippen LogP contribution in [0.5, 0.6) is 0 Å². The average Bonchev–Trinajstić information content (AvgIpc) is 2.67. The van der Waals surface area contributed by atoms with E-state index < -0.39 is 5.60 Å². The molecule has 0 aliphatic carbocycles. The van der Waals surface area contributed by atoms with Crippen LogP contribution in [-0.4, -0.2) is 22.5 Å². The highest BCUT2D eigenvalue weighted by molar-refractivity contribution is 7.09. The molecule has 1 amide bonds. The van der Waals surface area contributed by atoms with E-state index >= 15 is 0 Å². The Labute approximate surface area is 117 Å². The maximum absolute atomic E-state index is 11.6. The van der Waals surface area contributed by atoms with E-state index in [1.807, 2.05) is 6.92 Å². The molecule has 0 saturated heterocycles. The lowest BCUT2D eigenvalue weighted by molar-refractivity contribution is -0.155. The van der Waals surface area contributed by atoms with Crippen molar-refractivity contribution in [3.63, 3.8) is 0 Å². The normalized spacial score (nSPS) is 11.2. The number of esters is 1. The smallest absolute Gasteiger partial charge is 0.306 e. The first-order valence-electron chi connectivity index (χ1n) is 6.15. The van der Waals surface area contributed by atoms with Crippen molar-refractivity contribution < 1.29 is 14.3 Å². The maximum atomic E-state index is 11.6. The minimum atomic E-state index is -0.507. The zero-order chi connectivity index (χ0) is 14.5. The number of nitrogens with zero attached hydrogens (tertiary/aromatic N) is 1. The van der Waals surface area contributed by atoms with Crippen molar-refractivity contribution in [3.8, 4) is 0 Å². The highest BCUT2D eigenvalue weighted by Crippen LogP contribution is 2.12. The summed E-state index contributed by atoms with van der Waals surface area (Å²) in [5, 5.41) is 2.77. The van der Waals surface area contributed by atoms with Gasteiger partial charge in [-0.05, 0) is 27.7 Å². The Morgan fingerprint density at radius 2 is 2.05 bits per heavy atom. The second-order valence-electron chi connectivity index (χ2n) is 5.22. The van der Waals surface area contributed by atoms with Crippen molar-refractivity contribution in [2.24, 2.45) is 0 Å². The molecule has 0 bridgehead atoms. The van der Waals surface area contributed by atoms with E-state index in [2.05, 4.69) is 10.3 Å². The lowest BCUT2D eigenvalue weighted by atomic mass is 10.2. The van der Waals surface area contributed by atoms with Gasteiger partial charge in [0.05, 0.1) is 24.2 Å². The summed E-state index contributed by atoms with van der Waals surface area (Å²) in [5.41, 5.74) is 2.17. The fraction of sp³-hybridized carbons (Fsp3) is 0.615. The predicted octanol–water partition coefficient (Wildman–Crippen LogP) is 2.19. The van der Waals surface area contributed by atoms with Gasteiger partial charge in [-0.1, -0.05) is 0 Å². The van der Waals surface area contributed by atoms with Gasteiger partial charge in [-0.25, -0.2) is 4.98 Å². The molecule has 1 aromatic rings. The van der Waals surface area contributed by atoms with Crippen LogP contribution in [-0.2, 0) is 20.9 Å². The number of nitrogens with one attached hydrogen (secondary N) is 1. The molecular formula is C13H20N2O3S. The largest absolute Gasteiger partial charge is 0.460 e. The van der Waals surface area contributed by atoms with E-state index in [0.29, 0.717) is 6.54 Å². The number of ether oxygens (including phenoxy) is 1. The molecule has 0 aliphatic heterocycles. The third-order valence-corrected chi connectivity index (χ3v) is 3.20. The van der Waals surface area contributed by atoms with Crippen LogP contribution in [0, 0.1) is 6.92 Å². The Kier molecular flexibility index (Phi) is 5.47. The van der Waals surface area contributed by atoms with Gasteiger partial charge in [0.1, 0.15) is 5.60 Å². The summed E-state index contributed by atoms with van der Waals surface area (Å²) >= 11 is 1.51. The number of rotatable bonds is 5. The first-order valence-corrected chi connectivity index (χ1v) is 7.03. The fourth-order valence-electron chi connectivity index (χ4n) is 1.37. The predicted molar refractivity (Wildman–Crippen MR) is 73.8 cm³/mol. The van der Waals surface area contributed by atoms with E-state index in [4.69, 9.17) is 4.74 Å². The Hall–Kier alpha value is -1.43. The molecule has 0 spiro atoms. The first-order chi connectivity index (χ1) is 8.78. The van der Waals surface area contributed by atoms with Gasteiger partial charge >= 0.3 is 5.97 Å². The molecule has 0 aromatic carbocycles. The number of thiazole rings is 1. The number of hydrogen-bond donors (Lipinski definition) is 1. The number of hydrogen-bond acceptors (Lipinski definition) is 5. The zero-order valence-electron chi connectivity index (χ0n) is 11.8. The van der Waals surface area contributed by atoms with E-state index in [1.165, 1.54) is 11.3 Å². The maximum Gasteiger partial charge on any atom is 0.306 e. The van der Waals surface area contributed by atoms with E-state index in [-0.39, 0.29) is 24.7 Å². The monoisotopic (exact) mass is 284 g/mol. The Balaban J connectivity index is 2.25. The average molecular weight is 284 g/mol. The fourth-order valence-corrected chi connectivity index (χ4v) is 2.09. The molecule has 106 valence electrons. The molecule has 0 atom stereocenters. The van der Waals surface area contributed by atoms with Crippen LogP contribution in [0.4, 0.5) is 0 Å². The summed E-state index contributed by atoms with van der Waals surface area (Å²) in [6, 6.07) is 0. The van der Waals surface area contributed by atoms with Crippen molar-refractivity contribution in [2.45, 2.75) is 52.7 Å². The van der Waals surface area contributed by atoms with Gasteiger partial charge in [0.2, 0.25) is 5.91 Å². The third kappa shape index (κ3) is 6.33. The minimum Gasteiger partial charge on any atom is -0.460 e. The molecule has 0 radical (unpaired) electrons. The van der Waals surface area contributed by atoms with E-state index in [1.54, 1.807) is 26.3 Å². The topological polar surface area (TPSA) is 68.3 Å². The molecule has 1 N–H and O–H groups in total. The highest BCUT2D eigenvalue weighted by Gasteiger charge is 2.17. The molecule has 1 heterocycles. The number of carbonyl (C=O) groups is 2. The lowest BCUT2D eigenvalue weighted by Crippen LogP contribution is -2.26. The SMILES string of the molecule is Cc1ncsc1CNC(=O)CCC(=O)OC(C)(C)C. The Morgan fingerprint density at radius 3 is 2.58 bits per heavy atom. The highest BCUT2D eigenvalue weighted by atomic mass is 32.1. The summed E-state index contributed by atoms with van der Waals surface area (Å²) in [6.45, 7) is 7.77. The van der Waals surface area contributed by atoms with Crippen molar-refractivity contribution in [3.05, 3.63) is 16.1 Å². The van der Waals surface area contributed by atoms with Gasteiger partial charge < -0.3 is 10.1 Å². The molecule has 19 heavy (non-hydrogen) atoms. The summed E-state index contributed by atoms with van der Waals surface area (Å²) in [7, 11) is 0. The van der Waals surface area contributed by atoms with Gasteiger partial charge in [-0.3, -0.25) is 9.59 Å². The van der Waals surface area contributed by atoms with Crippen LogP contribution in [0.25, 0.3) is 0 Å². The molecule has 1 aromatic heterocycles. The second-order valence-corrected chi connectivity index (χ2v) is 6.16. The molecule has 0 saturated carbocycles. The third-order valence-electron chi connectivity index (χ3n) is 2.27. The molecule has 0 aliphatic rings. The quantitative estimate of drug-likeness (QED) is 0.842. The molecule has 0 unspecified atom stereocenters.